The molecule has 0 unspecified atom stereocenters. The standard InChI is InChI=1S/C12H22P2/c1-2-3-4-11-5-7-12(8-6-11)9-10-14-13/h11-13H,2-9H2,1H3/q-2. The minimum absolute atomic E-state index is 0.941. The van der Waals surface area contributed by atoms with Crippen molar-refractivity contribution in [1.29, 1.82) is 0 Å². The first-order valence-electron chi connectivity index (χ1n) is 5.96. The molecule has 0 amide bonds. The third-order valence-corrected chi connectivity index (χ3v) is 4.21. The van der Waals surface area contributed by atoms with Gasteiger partial charge in [-0.1, -0.05) is 57.8 Å². The van der Waals surface area contributed by atoms with Gasteiger partial charge in [0.2, 0.25) is 0 Å². The second-order valence-electron chi connectivity index (χ2n) is 4.50. The first-order chi connectivity index (χ1) is 6.86. The molecule has 0 saturated heterocycles. The molecule has 0 bridgehead atoms. The average molecular weight is 228 g/mol. The Morgan fingerprint density at radius 3 is 2.43 bits per heavy atom. The summed E-state index contributed by atoms with van der Waals surface area (Å²) in [7, 11) is 4.58. The van der Waals surface area contributed by atoms with Crippen LogP contribution in [0.5, 0.6) is 0 Å². The lowest BCUT2D eigenvalue weighted by Crippen LogP contribution is -2.14. The van der Waals surface area contributed by atoms with Gasteiger partial charge in [0.15, 0.2) is 0 Å². The summed E-state index contributed by atoms with van der Waals surface area (Å²) in [4.78, 5) is 0. The van der Waals surface area contributed by atoms with E-state index in [2.05, 4.69) is 21.6 Å². The molecule has 1 fully saturated rings. The third kappa shape index (κ3) is 4.90. The van der Waals surface area contributed by atoms with E-state index in [1.54, 1.807) is 0 Å². The summed E-state index contributed by atoms with van der Waals surface area (Å²) in [6.07, 6.45) is 11.3. The van der Waals surface area contributed by atoms with Crippen LogP contribution in [0.15, 0.2) is 0 Å². The zero-order valence-corrected chi connectivity index (χ0v) is 11.2. The Morgan fingerprint density at radius 2 is 1.86 bits per heavy atom. The molecule has 1 saturated carbocycles. The smallest absolute Gasteiger partial charge is 0.0414 e. The molecular weight excluding hydrogens is 206 g/mol. The topological polar surface area (TPSA) is 0 Å². The molecule has 1 rings (SSSR count). The van der Waals surface area contributed by atoms with Crippen molar-refractivity contribution in [1.82, 2.24) is 0 Å². The maximum atomic E-state index is 3.43. The molecule has 0 aromatic carbocycles. The fraction of sp³-hybridized carbons (Fsp3) is 0.917. The Morgan fingerprint density at radius 1 is 1.21 bits per heavy atom. The molecule has 2 heteroatoms. The van der Waals surface area contributed by atoms with Crippen LogP contribution in [0.4, 0.5) is 0 Å². The van der Waals surface area contributed by atoms with Gasteiger partial charge in [-0.15, -0.1) is 0 Å². The maximum absolute atomic E-state index is 3.43. The summed E-state index contributed by atoms with van der Waals surface area (Å²) in [5.41, 5.74) is 0. The van der Waals surface area contributed by atoms with Gasteiger partial charge in [0.1, 0.15) is 0 Å². The van der Waals surface area contributed by atoms with Crippen molar-refractivity contribution in [2.24, 2.45) is 11.8 Å². The molecule has 0 nitrogen and oxygen atoms in total. The molecule has 82 valence electrons. The molecule has 0 aromatic heterocycles. The van der Waals surface area contributed by atoms with Crippen LogP contribution in [0.25, 0.3) is 0 Å². The van der Waals surface area contributed by atoms with E-state index in [0.717, 1.165) is 19.7 Å². The molecule has 1 aliphatic rings. The first kappa shape index (κ1) is 12.7. The molecule has 0 N–H and O–H groups in total. The fourth-order valence-corrected chi connectivity index (χ4v) is 3.02. The van der Waals surface area contributed by atoms with Gasteiger partial charge in [-0.25, -0.2) is 0 Å². The highest BCUT2D eigenvalue weighted by Gasteiger charge is 2.17. The zero-order chi connectivity index (χ0) is 10.2. The van der Waals surface area contributed by atoms with E-state index < -0.39 is 0 Å². The highest BCUT2D eigenvalue weighted by atomic mass is 32.0. The first-order valence-corrected chi connectivity index (χ1v) is 8.19. The second-order valence-corrected chi connectivity index (χ2v) is 5.71. The lowest BCUT2D eigenvalue weighted by molar-refractivity contribution is 0.265. The van der Waals surface area contributed by atoms with Crippen LogP contribution in [0, 0.1) is 11.8 Å². The Hall–Kier alpha value is 0.600. The quantitative estimate of drug-likeness (QED) is 0.456. The van der Waals surface area contributed by atoms with E-state index >= 15 is 0 Å². The predicted molar refractivity (Wildman–Crippen MR) is 69.8 cm³/mol. The van der Waals surface area contributed by atoms with Gasteiger partial charge in [-0.2, -0.15) is 6.42 Å². The van der Waals surface area contributed by atoms with Crippen molar-refractivity contribution >= 4 is 22.6 Å². The molecule has 0 heterocycles. The van der Waals surface area contributed by atoms with Crippen molar-refractivity contribution in [3.63, 3.8) is 0 Å². The van der Waals surface area contributed by atoms with Gasteiger partial charge in [0, 0.05) is 0 Å². The van der Waals surface area contributed by atoms with Crippen LogP contribution >= 0.6 is 16.8 Å². The molecule has 0 aromatic rings. The van der Waals surface area contributed by atoms with Gasteiger partial charge in [0.25, 0.3) is 0 Å². The van der Waals surface area contributed by atoms with E-state index in [-0.39, 0.29) is 0 Å². The van der Waals surface area contributed by atoms with E-state index in [1.165, 1.54) is 51.4 Å². The van der Waals surface area contributed by atoms with Crippen molar-refractivity contribution in [2.45, 2.75) is 58.3 Å². The Labute approximate surface area is 93.1 Å². The fourth-order valence-electron chi connectivity index (χ4n) is 2.39. The highest BCUT2D eigenvalue weighted by Crippen LogP contribution is 2.33. The zero-order valence-electron chi connectivity index (χ0n) is 9.26. The van der Waals surface area contributed by atoms with Gasteiger partial charge >= 0.3 is 0 Å². The summed E-state index contributed by atoms with van der Waals surface area (Å²) in [6.45, 7) is 2.30. The van der Waals surface area contributed by atoms with Crippen LogP contribution in [0.1, 0.15) is 58.3 Å². The molecule has 0 radical (unpaired) electrons. The summed E-state index contributed by atoms with van der Waals surface area (Å²) in [6, 6.07) is 0. The predicted octanol–water partition coefficient (Wildman–Crippen LogP) is 5.06. The van der Waals surface area contributed by atoms with Gasteiger partial charge in [-0.3, -0.25) is 0 Å². The van der Waals surface area contributed by atoms with E-state index in [9.17, 15) is 0 Å². The molecule has 1 aliphatic carbocycles. The Kier molecular flexibility index (Phi) is 7.09. The minimum atomic E-state index is 0.941. The average Bonchev–Trinajstić information content (AvgIpc) is 2.25. The monoisotopic (exact) mass is 228 g/mol. The largest absolute Gasteiger partial charge is 0.538 e. The summed E-state index contributed by atoms with van der Waals surface area (Å²) < 4.78 is 0. The van der Waals surface area contributed by atoms with Gasteiger partial charge in [-0.05, 0) is 5.92 Å². The number of hydrogen-bond acceptors (Lipinski definition) is 0. The molecule has 0 spiro atoms. The van der Waals surface area contributed by atoms with E-state index in [0.29, 0.717) is 0 Å². The van der Waals surface area contributed by atoms with Gasteiger partial charge < -0.3 is 22.6 Å². The van der Waals surface area contributed by atoms with E-state index in [1.807, 2.05) is 0 Å². The molecule has 0 atom stereocenters. The summed E-state index contributed by atoms with van der Waals surface area (Å²) in [5.74, 6) is 5.35. The lowest BCUT2D eigenvalue weighted by atomic mass is 9.79. The maximum Gasteiger partial charge on any atom is -0.0414 e. The van der Waals surface area contributed by atoms with Crippen molar-refractivity contribution in [2.75, 3.05) is 0 Å². The van der Waals surface area contributed by atoms with E-state index in [4.69, 9.17) is 0 Å². The second kappa shape index (κ2) is 7.84. The number of rotatable bonds is 5. The van der Waals surface area contributed by atoms with Crippen LogP contribution in [0.3, 0.4) is 0 Å². The van der Waals surface area contributed by atoms with Crippen LogP contribution in [0.2, 0.25) is 0 Å². The molecule has 0 aliphatic heterocycles. The molecular formula is C12H22P2-2. The number of hydrogen-bond donors (Lipinski definition) is 0. The van der Waals surface area contributed by atoms with Crippen molar-refractivity contribution in [3.8, 4) is 0 Å². The van der Waals surface area contributed by atoms with Crippen LogP contribution in [-0.4, -0.2) is 5.80 Å². The minimum Gasteiger partial charge on any atom is -0.538 e. The van der Waals surface area contributed by atoms with Crippen LogP contribution < -0.4 is 0 Å². The van der Waals surface area contributed by atoms with Crippen molar-refractivity contribution < 1.29 is 0 Å². The normalized spacial score (nSPS) is 28.4. The van der Waals surface area contributed by atoms with Crippen LogP contribution in [-0.2, 0) is 0 Å². The lowest BCUT2D eigenvalue weighted by Gasteiger charge is -2.31. The Balaban J connectivity index is 2.11. The number of unbranched alkanes of at least 4 members (excludes halogenated alkanes) is 1. The van der Waals surface area contributed by atoms with Gasteiger partial charge in [0.05, 0.1) is 0 Å². The molecule has 14 heavy (non-hydrogen) atoms. The highest BCUT2D eigenvalue weighted by molar-refractivity contribution is 8.01. The third-order valence-electron chi connectivity index (χ3n) is 3.39. The SMILES string of the molecule is CCCCC1CCC(C[C-]=P[PH-])CC1. The Bertz CT molecular complexity index is 158. The van der Waals surface area contributed by atoms with Crippen molar-refractivity contribution in [3.05, 3.63) is 0 Å². The summed E-state index contributed by atoms with van der Waals surface area (Å²) in [5, 5.41) is 0. The summed E-state index contributed by atoms with van der Waals surface area (Å²) >= 11 is 0.